The Morgan fingerprint density at radius 2 is 1.89 bits per heavy atom. The molecule has 0 spiro atoms. The molecule has 19 heavy (non-hydrogen) atoms. The van der Waals surface area contributed by atoms with E-state index in [0.29, 0.717) is 16.6 Å². The van der Waals surface area contributed by atoms with Crippen molar-refractivity contribution in [2.24, 2.45) is 0 Å². The molecule has 2 aromatic carbocycles. The van der Waals surface area contributed by atoms with E-state index < -0.39 is 5.82 Å². The maximum atomic E-state index is 13.1. The molecule has 2 nitrogen and oxygen atoms in total. The third-order valence-corrected chi connectivity index (χ3v) is 3.44. The van der Waals surface area contributed by atoms with Crippen molar-refractivity contribution >= 4 is 21.8 Å². The fourth-order valence-electron chi connectivity index (χ4n) is 1.65. The van der Waals surface area contributed by atoms with Crippen molar-refractivity contribution in [1.82, 2.24) is 5.32 Å². The van der Waals surface area contributed by atoms with Gasteiger partial charge in [0, 0.05) is 11.0 Å². The molecule has 1 N–H and O–H groups in total. The van der Waals surface area contributed by atoms with Crippen molar-refractivity contribution in [3.8, 4) is 0 Å². The summed E-state index contributed by atoms with van der Waals surface area (Å²) in [5.41, 5.74) is 2.47. The molecule has 0 saturated carbocycles. The predicted molar refractivity (Wildman–Crippen MR) is 76.4 cm³/mol. The van der Waals surface area contributed by atoms with Gasteiger partial charge in [-0.2, -0.15) is 0 Å². The van der Waals surface area contributed by atoms with E-state index in [4.69, 9.17) is 0 Å². The van der Waals surface area contributed by atoms with E-state index in [1.807, 2.05) is 31.2 Å². The van der Waals surface area contributed by atoms with Gasteiger partial charge in [0.1, 0.15) is 5.82 Å². The van der Waals surface area contributed by atoms with Crippen LogP contribution in [0.2, 0.25) is 0 Å². The Bertz CT molecular complexity index is 596. The highest BCUT2D eigenvalue weighted by Crippen LogP contribution is 2.17. The number of hydrogen-bond acceptors (Lipinski definition) is 1. The van der Waals surface area contributed by atoms with Gasteiger partial charge in [-0.15, -0.1) is 0 Å². The SMILES string of the molecule is Cc1ccc(CNC(=O)c2cc(F)ccc2Br)cc1. The van der Waals surface area contributed by atoms with Crippen LogP contribution in [0.3, 0.4) is 0 Å². The minimum Gasteiger partial charge on any atom is -0.348 e. The van der Waals surface area contributed by atoms with Crippen molar-refractivity contribution in [3.05, 3.63) is 69.4 Å². The number of carbonyl (C=O) groups is 1. The van der Waals surface area contributed by atoms with Crippen LogP contribution in [-0.4, -0.2) is 5.91 Å². The van der Waals surface area contributed by atoms with Gasteiger partial charge in [0.05, 0.1) is 5.56 Å². The number of halogens is 2. The van der Waals surface area contributed by atoms with E-state index in [-0.39, 0.29) is 5.91 Å². The average Bonchev–Trinajstić information content (AvgIpc) is 2.40. The first kappa shape index (κ1) is 13.7. The molecule has 0 aliphatic rings. The van der Waals surface area contributed by atoms with Crippen LogP contribution in [0, 0.1) is 12.7 Å². The molecule has 0 fully saturated rings. The molecule has 0 saturated heterocycles. The van der Waals surface area contributed by atoms with Crippen molar-refractivity contribution in [2.75, 3.05) is 0 Å². The fourth-order valence-corrected chi connectivity index (χ4v) is 2.08. The number of carbonyl (C=O) groups excluding carboxylic acids is 1. The van der Waals surface area contributed by atoms with Crippen molar-refractivity contribution < 1.29 is 9.18 Å². The number of nitrogens with one attached hydrogen (secondary N) is 1. The maximum absolute atomic E-state index is 13.1. The summed E-state index contributed by atoms with van der Waals surface area (Å²) in [4.78, 5) is 12.0. The third kappa shape index (κ3) is 3.64. The van der Waals surface area contributed by atoms with Gasteiger partial charge in [-0.25, -0.2) is 4.39 Å². The fraction of sp³-hybridized carbons (Fsp3) is 0.133. The van der Waals surface area contributed by atoms with Crippen LogP contribution in [0.4, 0.5) is 4.39 Å². The van der Waals surface area contributed by atoms with Gasteiger partial charge in [0.2, 0.25) is 0 Å². The van der Waals surface area contributed by atoms with E-state index >= 15 is 0 Å². The van der Waals surface area contributed by atoms with E-state index in [1.165, 1.54) is 23.8 Å². The monoisotopic (exact) mass is 321 g/mol. The summed E-state index contributed by atoms with van der Waals surface area (Å²) >= 11 is 3.24. The van der Waals surface area contributed by atoms with Crippen molar-refractivity contribution in [2.45, 2.75) is 13.5 Å². The number of benzene rings is 2. The molecular weight excluding hydrogens is 309 g/mol. The molecule has 0 bridgehead atoms. The van der Waals surface area contributed by atoms with Gasteiger partial charge < -0.3 is 5.32 Å². The molecule has 0 aromatic heterocycles. The normalized spacial score (nSPS) is 10.3. The standard InChI is InChI=1S/C15H13BrFNO/c1-10-2-4-11(5-3-10)9-18-15(19)13-8-12(17)6-7-14(13)16/h2-8H,9H2,1H3,(H,18,19). The van der Waals surface area contributed by atoms with Crippen LogP contribution in [0.1, 0.15) is 21.5 Å². The molecule has 0 radical (unpaired) electrons. The van der Waals surface area contributed by atoms with Crippen LogP contribution in [0.25, 0.3) is 0 Å². The summed E-state index contributed by atoms with van der Waals surface area (Å²) in [6.07, 6.45) is 0. The van der Waals surface area contributed by atoms with Crippen LogP contribution < -0.4 is 5.32 Å². The van der Waals surface area contributed by atoms with Crippen molar-refractivity contribution in [1.29, 1.82) is 0 Å². The molecule has 4 heteroatoms. The van der Waals surface area contributed by atoms with Gasteiger partial charge in [0.25, 0.3) is 5.91 Å². The van der Waals surface area contributed by atoms with Crippen molar-refractivity contribution in [3.63, 3.8) is 0 Å². The van der Waals surface area contributed by atoms with E-state index in [9.17, 15) is 9.18 Å². The zero-order valence-corrected chi connectivity index (χ0v) is 12.0. The summed E-state index contributed by atoms with van der Waals surface area (Å²) in [5, 5.41) is 2.77. The smallest absolute Gasteiger partial charge is 0.252 e. The molecule has 0 aliphatic heterocycles. The van der Waals surface area contributed by atoms with Gasteiger partial charge >= 0.3 is 0 Å². The summed E-state index contributed by atoms with van der Waals surface area (Å²) < 4.78 is 13.7. The van der Waals surface area contributed by atoms with Crippen LogP contribution in [0.5, 0.6) is 0 Å². The highest BCUT2D eigenvalue weighted by Gasteiger charge is 2.10. The minimum absolute atomic E-state index is 0.298. The molecule has 1 amide bonds. The largest absolute Gasteiger partial charge is 0.348 e. The Kier molecular flexibility index (Phi) is 4.32. The summed E-state index contributed by atoms with van der Waals surface area (Å²) in [5.74, 6) is -0.726. The van der Waals surface area contributed by atoms with Gasteiger partial charge in [-0.1, -0.05) is 29.8 Å². The second kappa shape index (κ2) is 5.97. The third-order valence-electron chi connectivity index (χ3n) is 2.75. The molecule has 2 aromatic rings. The number of amides is 1. The molecule has 98 valence electrons. The molecule has 0 atom stereocenters. The second-order valence-electron chi connectivity index (χ2n) is 4.29. The number of rotatable bonds is 3. The lowest BCUT2D eigenvalue weighted by Crippen LogP contribution is -2.23. The number of aryl methyl sites for hydroxylation is 1. The van der Waals surface area contributed by atoms with E-state index in [2.05, 4.69) is 21.2 Å². The summed E-state index contributed by atoms with van der Waals surface area (Å²) in [6, 6.07) is 11.9. The molecule has 0 heterocycles. The predicted octanol–water partition coefficient (Wildman–Crippen LogP) is 3.83. The topological polar surface area (TPSA) is 29.1 Å². The van der Waals surface area contributed by atoms with Crippen LogP contribution in [0.15, 0.2) is 46.9 Å². The van der Waals surface area contributed by atoms with Gasteiger partial charge in [-0.05, 0) is 46.6 Å². The Hall–Kier alpha value is -1.68. The van der Waals surface area contributed by atoms with Crippen LogP contribution >= 0.6 is 15.9 Å². The van der Waals surface area contributed by atoms with Gasteiger partial charge in [-0.3, -0.25) is 4.79 Å². The highest BCUT2D eigenvalue weighted by molar-refractivity contribution is 9.10. The van der Waals surface area contributed by atoms with E-state index in [0.717, 1.165) is 5.56 Å². The Morgan fingerprint density at radius 3 is 2.58 bits per heavy atom. The van der Waals surface area contributed by atoms with E-state index in [1.54, 1.807) is 0 Å². The molecule has 2 rings (SSSR count). The zero-order chi connectivity index (χ0) is 13.8. The Balaban J connectivity index is 2.05. The minimum atomic E-state index is -0.427. The first-order valence-corrected chi connectivity index (χ1v) is 6.64. The second-order valence-corrected chi connectivity index (χ2v) is 5.15. The first-order chi connectivity index (χ1) is 9.06. The highest BCUT2D eigenvalue weighted by atomic mass is 79.9. The quantitative estimate of drug-likeness (QED) is 0.914. The lowest BCUT2D eigenvalue weighted by atomic mass is 10.1. The first-order valence-electron chi connectivity index (χ1n) is 5.85. The molecule has 0 aliphatic carbocycles. The van der Waals surface area contributed by atoms with Crippen LogP contribution in [-0.2, 0) is 6.54 Å². The Morgan fingerprint density at radius 1 is 1.21 bits per heavy atom. The van der Waals surface area contributed by atoms with Gasteiger partial charge in [0.15, 0.2) is 0 Å². The number of hydrogen-bond donors (Lipinski definition) is 1. The lowest BCUT2D eigenvalue weighted by molar-refractivity contribution is 0.0949. The summed E-state index contributed by atoms with van der Waals surface area (Å²) in [6.45, 7) is 2.42. The maximum Gasteiger partial charge on any atom is 0.252 e. The Labute approximate surface area is 119 Å². The summed E-state index contributed by atoms with van der Waals surface area (Å²) in [7, 11) is 0. The average molecular weight is 322 g/mol. The molecule has 0 unspecified atom stereocenters. The zero-order valence-electron chi connectivity index (χ0n) is 10.4. The lowest BCUT2D eigenvalue weighted by Gasteiger charge is -2.07. The molecular formula is C15H13BrFNO.